The summed E-state index contributed by atoms with van der Waals surface area (Å²) in [5.74, 6) is -1.01. The molecule has 1 aromatic rings. The Morgan fingerprint density at radius 1 is 1.29 bits per heavy atom. The number of aryl methyl sites for hydroxylation is 2. The SMILES string of the molecule is Cc1ccc(NC(=O)C2CCC(=O)N2S(C)(=O)=O)cc1C. The molecule has 21 heavy (non-hydrogen) atoms. The van der Waals surface area contributed by atoms with Gasteiger partial charge in [-0.25, -0.2) is 12.7 Å². The lowest BCUT2D eigenvalue weighted by atomic mass is 10.1. The maximum Gasteiger partial charge on any atom is 0.248 e. The predicted octanol–water partition coefficient (Wildman–Crippen LogP) is 1.19. The number of sulfonamides is 1. The highest BCUT2D eigenvalue weighted by Gasteiger charge is 2.41. The second-order valence-electron chi connectivity index (χ2n) is 5.30. The number of rotatable bonds is 3. The number of carbonyl (C=O) groups excluding carboxylic acids is 2. The maximum absolute atomic E-state index is 12.2. The maximum atomic E-state index is 12.2. The van der Waals surface area contributed by atoms with Gasteiger partial charge in [0.05, 0.1) is 6.26 Å². The number of hydrogen-bond donors (Lipinski definition) is 1. The minimum atomic E-state index is -3.73. The Balaban J connectivity index is 2.20. The number of benzene rings is 1. The average Bonchev–Trinajstić information content (AvgIpc) is 2.76. The average molecular weight is 310 g/mol. The number of hydrogen-bond acceptors (Lipinski definition) is 4. The van der Waals surface area contributed by atoms with Crippen molar-refractivity contribution in [3.63, 3.8) is 0 Å². The molecule has 1 aliphatic heterocycles. The Bertz CT molecular complexity index is 697. The summed E-state index contributed by atoms with van der Waals surface area (Å²) in [5.41, 5.74) is 2.72. The Morgan fingerprint density at radius 3 is 2.52 bits per heavy atom. The van der Waals surface area contributed by atoms with Crippen LogP contribution in [0.2, 0.25) is 0 Å². The molecule has 1 aromatic carbocycles. The van der Waals surface area contributed by atoms with Crippen molar-refractivity contribution in [1.82, 2.24) is 4.31 Å². The smallest absolute Gasteiger partial charge is 0.248 e. The molecule has 0 aliphatic carbocycles. The van der Waals surface area contributed by atoms with Gasteiger partial charge in [-0.2, -0.15) is 0 Å². The van der Waals surface area contributed by atoms with E-state index >= 15 is 0 Å². The first-order valence-electron chi connectivity index (χ1n) is 6.60. The van der Waals surface area contributed by atoms with Crippen LogP contribution >= 0.6 is 0 Å². The molecule has 1 atom stereocenters. The fourth-order valence-electron chi connectivity index (χ4n) is 2.36. The van der Waals surface area contributed by atoms with Gasteiger partial charge in [0.25, 0.3) is 0 Å². The Morgan fingerprint density at radius 2 is 1.95 bits per heavy atom. The van der Waals surface area contributed by atoms with E-state index in [1.54, 1.807) is 6.07 Å². The highest BCUT2D eigenvalue weighted by Crippen LogP contribution is 2.23. The molecule has 0 bridgehead atoms. The summed E-state index contributed by atoms with van der Waals surface area (Å²) in [7, 11) is -3.73. The molecule has 1 heterocycles. The van der Waals surface area contributed by atoms with E-state index in [9.17, 15) is 18.0 Å². The molecule has 1 saturated heterocycles. The summed E-state index contributed by atoms with van der Waals surface area (Å²) in [6, 6.07) is 4.48. The first-order chi connectivity index (χ1) is 9.70. The van der Waals surface area contributed by atoms with Gasteiger partial charge in [0.1, 0.15) is 6.04 Å². The van der Waals surface area contributed by atoms with Gasteiger partial charge in [-0.3, -0.25) is 9.59 Å². The summed E-state index contributed by atoms with van der Waals surface area (Å²) in [6.45, 7) is 3.88. The quantitative estimate of drug-likeness (QED) is 0.909. The second-order valence-corrected chi connectivity index (χ2v) is 7.15. The Hall–Kier alpha value is -1.89. The molecule has 1 fully saturated rings. The lowest BCUT2D eigenvalue weighted by Gasteiger charge is -2.21. The standard InChI is InChI=1S/C14H18N2O4S/c1-9-4-5-11(8-10(9)2)15-14(18)12-6-7-13(17)16(12)21(3,19)20/h4-5,8,12H,6-7H2,1-3H3,(H,15,18). The molecule has 114 valence electrons. The van der Waals surface area contributed by atoms with Crippen LogP contribution in [0.4, 0.5) is 5.69 Å². The first kappa shape index (κ1) is 15.5. The molecule has 0 spiro atoms. The minimum absolute atomic E-state index is 0.0675. The van der Waals surface area contributed by atoms with E-state index in [-0.39, 0.29) is 12.8 Å². The molecule has 6 nitrogen and oxygen atoms in total. The van der Waals surface area contributed by atoms with Crippen LogP contribution < -0.4 is 5.32 Å². The molecule has 1 unspecified atom stereocenters. The van der Waals surface area contributed by atoms with Gasteiger partial charge >= 0.3 is 0 Å². The van der Waals surface area contributed by atoms with Gasteiger partial charge in [0.15, 0.2) is 0 Å². The third-order valence-corrected chi connectivity index (χ3v) is 4.77. The molecule has 0 aromatic heterocycles. The fraction of sp³-hybridized carbons (Fsp3) is 0.429. The lowest BCUT2D eigenvalue weighted by Crippen LogP contribution is -2.44. The highest BCUT2D eigenvalue weighted by atomic mass is 32.2. The van der Waals surface area contributed by atoms with Gasteiger partial charge in [-0.1, -0.05) is 6.07 Å². The van der Waals surface area contributed by atoms with Crippen molar-refractivity contribution in [2.24, 2.45) is 0 Å². The Kier molecular flexibility index (Phi) is 4.04. The van der Waals surface area contributed by atoms with Crippen LogP contribution in [-0.4, -0.2) is 36.8 Å². The molecular weight excluding hydrogens is 292 g/mol. The zero-order chi connectivity index (χ0) is 15.8. The van der Waals surface area contributed by atoms with E-state index in [0.29, 0.717) is 9.99 Å². The predicted molar refractivity (Wildman–Crippen MR) is 79.3 cm³/mol. The zero-order valence-corrected chi connectivity index (χ0v) is 13.0. The van der Waals surface area contributed by atoms with E-state index < -0.39 is 27.9 Å². The lowest BCUT2D eigenvalue weighted by molar-refractivity contribution is -0.128. The molecule has 0 saturated carbocycles. The second kappa shape index (κ2) is 5.48. The van der Waals surface area contributed by atoms with Crippen molar-refractivity contribution in [2.75, 3.05) is 11.6 Å². The van der Waals surface area contributed by atoms with Gasteiger partial charge in [0.2, 0.25) is 21.8 Å². The van der Waals surface area contributed by atoms with Gasteiger partial charge in [-0.15, -0.1) is 0 Å². The third-order valence-electron chi connectivity index (χ3n) is 3.59. The normalized spacial score (nSPS) is 18.9. The van der Waals surface area contributed by atoms with Crippen molar-refractivity contribution in [3.8, 4) is 0 Å². The van der Waals surface area contributed by atoms with Crippen LogP contribution in [0.25, 0.3) is 0 Å². The zero-order valence-electron chi connectivity index (χ0n) is 12.2. The molecule has 0 radical (unpaired) electrons. The highest BCUT2D eigenvalue weighted by molar-refractivity contribution is 7.89. The van der Waals surface area contributed by atoms with Gasteiger partial charge < -0.3 is 5.32 Å². The molecule has 1 aliphatic rings. The number of amides is 2. The minimum Gasteiger partial charge on any atom is -0.324 e. The van der Waals surface area contributed by atoms with Crippen molar-refractivity contribution in [2.45, 2.75) is 32.7 Å². The van der Waals surface area contributed by atoms with Crippen molar-refractivity contribution >= 4 is 27.5 Å². The van der Waals surface area contributed by atoms with Crippen molar-refractivity contribution in [3.05, 3.63) is 29.3 Å². The van der Waals surface area contributed by atoms with Crippen LogP contribution in [0.1, 0.15) is 24.0 Å². The van der Waals surface area contributed by atoms with E-state index in [0.717, 1.165) is 17.4 Å². The first-order valence-corrected chi connectivity index (χ1v) is 8.45. The monoisotopic (exact) mass is 310 g/mol. The van der Waals surface area contributed by atoms with Crippen LogP contribution in [0, 0.1) is 13.8 Å². The Labute approximate surface area is 124 Å². The summed E-state index contributed by atoms with van der Waals surface area (Å²) in [4.78, 5) is 23.9. The summed E-state index contributed by atoms with van der Waals surface area (Å²) in [5, 5.41) is 2.68. The number of nitrogens with one attached hydrogen (secondary N) is 1. The summed E-state index contributed by atoms with van der Waals surface area (Å²) < 4.78 is 24.0. The number of nitrogens with zero attached hydrogens (tertiary/aromatic N) is 1. The van der Waals surface area contributed by atoms with Crippen LogP contribution in [0.15, 0.2) is 18.2 Å². The van der Waals surface area contributed by atoms with Gasteiger partial charge in [0, 0.05) is 12.1 Å². The van der Waals surface area contributed by atoms with Crippen LogP contribution in [0.3, 0.4) is 0 Å². The molecule has 2 rings (SSSR count). The van der Waals surface area contributed by atoms with E-state index in [2.05, 4.69) is 5.32 Å². The van der Waals surface area contributed by atoms with Crippen LogP contribution in [-0.2, 0) is 19.6 Å². The fourth-order valence-corrected chi connectivity index (χ4v) is 3.48. The molecule has 7 heteroatoms. The number of anilines is 1. The van der Waals surface area contributed by atoms with Crippen molar-refractivity contribution < 1.29 is 18.0 Å². The van der Waals surface area contributed by atoms with E-state index in [4.69, 9.17) is 0 Å². The van der Waals surface area contributed by atoms with E-state index in [1.165, 1.54) is 0 Å². The summed E-state index contributed by atoms with van der Waals surface area (Å²) >= 11 is 0. The molecule has 1 N–H and O–H groups in total. The van der Waals surface area contributed by atoms with Crippen LogP contribution in [0.5, 0.6) is 0 Å². The van der Waals surface area contributed by atoms with E-state index in [1.807, 2.05) is 26.0 Å². The van der Waals surface area contributed by atoms with Gasteiger partial charge in [-0.05, 0) is 43.5 Å². The van der Waals surface area contributed by atoms with Crippen molar-refractivity contribution in [1.29, 1.82) is 0 Å². The molecule has 2 amide bonds. The molecular formula is C14H18N2O4S. The third kappa shape index (κ3) is 3.24. The summed E-state index contributed by atoms with van der Waals surface area (Å²) in [6.07, 6.45) is 1.22. The largest absolute Gasteiger partial charge is 0.324 e. The topological polar surface area (TPSA) is 83.6 Å². The number of carbonyl (C=O) groups is 2.